The third-order valence-electron chi connectivity index (χ3n) is 1.33. The number of nitrogens with one attached hydrogen (secondary N) is 1. The van der Waals surface area contributed by atoms with Crippen molar-refractivity contribution < 1.29 is 14.6 Å². The zero-order chi connectivity index (χ0) is 9.94. The molecule has 1 amide bonds. The van der Waals surface area contributed by atoms with Crippen LogP contribution in [-0.2, 0) is 14.6 Å². The SMILES string of the molecule is CCCCNC(=O)COOCCN. The molecule has 0 aromatic carbocycles. The van der Waals surface area contributed by atoms with Gasteiger partial charge in [0.05, 0.1) is 6.61 Å². The van der Waals surface area contributed by atoms with E-state index in [1.165, 1.54) is 0 Å². The minimum absolute atomic E-state index is 0.0658. The molecule has 0 spiro atoms. The van der Waals surface area contributed by atoms with Crippen molar-refractivity contribution in [3.05, 3.63) is 0 Å². The highest BCUT2D eigenvalue weighted by Gasteiger charge is 1.99. The summed E-state index contributed by atoms with van der Waals surface area (Å²) in [6.45, 7) is 3.38. The van der Waals surface area contributed by atoms with Gasteiger partial charge in [0, 0.05) is 13.1 Å². The Hall–Kier alpha value is -0.650. The van der Waals surface area contributed by atoms with Crippen LogP contribution in [0.5, 0.6) is 0 Å². The monoisotopic (exact) mass is 190 g/mol. The minimum Gasteiger partial charge on any atom is -0.354 e. The van der Waals surface area contributed by atoms with Crippen molar-refractivity contribution in [2.75, 3.05) is 26.3 Å². The standard InChI is InChI=1S/C8H18N2O3/c1-2-3-5-10-8(11)7-13-12-6-4-9/h2-7,9H2,1H3,(H,10,11). The van der Waals surface area contributed by atoms with Crippen LogP contribution in [0.2, 0.25) is 0 Å². The Labute approximate surface area is 78.5 Å². The molecule has 5 heteroatoms. The second kappa shape index (κ2) is 9.44. The lowest BCUT2D eigenvalue weighted by molar-refractivity contribution is -0.286. The second-order valence-corrected chi connectivity index (χ2v) is 2.58. The third-order valence-corrected chi connectivity index (χ3v) is 1.33. The lowest BCUT2D eigenvalue weighted by atomic mass is 10.3. The van der Waals surface area contributed by atoms with E-state index in [-0.39, 0.29) is 12.5 Å². The highest BCUT2D eigenvalue weighted by molar-refractivity contribution is 5.76. The molecule has 0 fully saturated rings. The fourth-order valence-electron chi connectivity index (χ4n) is 0.658. The number of nitrogens with two attached hydrogens (primary N) is 1. The molecule has 0 unspecified atom stereocenters. The first kappa shape index (κ1) is 12.3. The first-order valence-electron chi connectivity index (χ1n) is 4.52. The van der Waals surface area contributed by atoms with Crippen LogP contribution in [-0.4, -0.2) is 32.2 Å². The average Bonchev–Trinajstić information content (AvgIpc) is 2.13. The van der Waals surface area contributed by atoms with Crippen LogP contribution >= 0.6 is 0 Å². The number of carbonyl (C=O) groups is 1. The van der Waals surface area contributed by atoms with Crippen LogP contribution < -0.4 is 11.1 Å². The van der Waals surface area contributed by atoms with Crippen molar-refractivity contribution in [1.29, 1.82) is 0 Å². The molecular weight excluding hydrogens is 172 g/mol. The summed E-state index contributed by atoms with van der Waals surface area (Å²) in [5.41, 5.74) is 5.14. The highest BCUT2D eigenvalue weighted by atomic mass is 17.2. The van der Waals surface area contributed by atoms with Gasteiger partial charge in [0.25, 0.3) is 0 Å². The van der Waals surface area contributed by atoms with E-state index < -0.39 is 0 Å². The van der Waals surface area contributed by atoms with Gasteiger partial charge < -0.3 is 11.1 Å². The predicted octanol–water partition coefficient (Wildman–Crippen LogP) is -0.190. The van der Waals surface area contributed by atoms with Gasteiger partial charge in [0.15, 0.2) is 6.61 Å². The molecule has 0 aliphatic heterocycles. The van der Waals surface area contributed by atoms with Gasteiger partial charge >= 0.3 is 0 Å². The zero-order valence-electron chi connectivity index (χ0n) is 8.04. The summed E-state index contributed by atoms with van der Waals surface area (Å²) in [7, 11) is 0. The summed E-state index contributed by atoms with van der Waals surface area (Å²) >= 11 is 0. The molecule has 0 aliphatic rings. The van der Waals surface area contributed by atoms with Gasteiger partial charge in [-0.15, -0.1) is 0 Å². The number of hydrogen-bond donors (Lipinski definition) is 2. The van der Waals surface area contributed by atoms with Crippen molar-refractivity contribution in [2.45, 2.75) is 19.8 Å². The van der Waals surface area contributed by atoms with E-state index in [1.807, 2.05) is 0 Å². The van der Waals surface area contributed by atoms with E-state index in [0.29, 0.717) is 19.7 Å². The van der Waals surface area contributed by atoms with Crippen LogP contribution in [0, 0.1) is 0 Å². The summed E-state index contributed by atoms with van der Waals surface area (Å²) in [6, 6.07) is 0. The zero-order valence-corrected chi connectivity index (χ0v) is 8.04. The van der Waals surface area contributed by atoms with Crippen molar-refractivity contribution in [3.63, 3.8) is 0 Å². The Morgan fingerprint density at radius 1 is 1.46 bits per heavy atom. The normalized spacial score (nSPS) is 10.0. The van der Waals surface area contributed by atoms with Crippen LogP contribution in [0.15, 0.2) is 0 Å². The smallest absolute Gasteiger partial charge is 0.249 e. The maximum Gasteiger partial charge on any atom is 0.249 e. The van der Waals surface area contributed by atoms with Crippen LogP contribution in [0.1, 0.15) is 19.8 Å². The Morgan fingerprint density at radius 3 is 2.85 bits per heavy atom. The molecule has 0 bridgehead atoms. The molecule has 0 rings (SSSR count). The lowest BCUT2D eigenvalue weighted by Gasteiger charge is -2.04. The second-order valence-electron chi connectivity index (χ2n) is 2.58. The number of amides is 1. The first-order valence-corrected chi connectivity index (χ1v) is 4.52. The lowest BCUT2D eigenvalue weighted by Crippen LogP contribution is -2.28. The quantitative estimate of drug-likeness (QED) is 0.316. The Balaban J connectivity index is 3.11. The van der Waals surface area contributed by atoms with Crippen molar-refractivity contribution in [3.8, 4) is 0 Å². The van der Waals surface area contributed by atoms with Gasteiger partial charge in [-0.25, -0.2) is 9.78 Å². The number of rotatable bonds is 8. The van der Waals surface area contributed by atoms with E-state index in [4.69, 9.17) is 5.73 Å². The molecule has 0 atom stereocenters. The van der Waals surface area contributed by atoms with Crippen LogP contribution in [0.3, 0.4) is 0 Å². The molecule has 0 aromatic rings. The van der Waals surface area contributed by atoms with Gasteiger partial charge in [-0.2, -0.15) is 0 Å². The molecular formula is C8H18N2O3. The topological polar surface area (TPSA) is 73.6 Å². The van der Waals surface area contributed by atoms with Crippen molar-refractivity contribution in [2.24, 2.45) is 5.73 Å². The summed E-state index contributed by atoms with van der Waals surface area (Å²) in [5.74, 6) is -0.162. The fourth-order valence-corrected chi connectivity index (χ4v) is 0.658. The number of carbonyl (C=O) groups excluding carboxylic acids is 1. The largest absolute Gasteiger partial charge is 0.354 e. The van der Waals surface area contributed by atoms with E-state index in [2.05, 4.69) is 22.0 Å². The molecule has 0 aliphatic carbocycles. The van der Waals surface area contributed by atoms with Crippen LogP contribution in [0.4, 0.5) is 0 Å². The summed E-state index contributed by atoms with van der Waals surface area (Å²) < 4.78 is 0. The molecule has 13 heavy (non-hydrogen) atoms. The van der Waals surface area contributed by atoms with Crippen molar-refractivity contribution >= 4 is 5.91 Å². The molecule has 0 saturated heterocycles. The fraction of sp³-hybridized carbons (Fsp3) is 0.875. The van der Waals surface area contributed by atoms with E-state index in [0.717, 1.165) is 12.8 Å². The predicted molar refractivity (Wildman–Crippen MR) is 48.9 cm³/mol. The third kappa shape index (κ3) is 9.26. The Bertz CT molecular complexity index is 131. The molecule has 5 nitrogen and oxygen atoms in total. The summed E-state index contributed by atoms with van der Waals surface area (Å²) in [5, 5.41) is 2.69. The molecule has 0 saturated carbocycles. The number of hydrogen-bond acceptors (Lipinski definition) is 4. The maximum atomic E-state index is 10.9. The van der Waals surface area contributed by atoms with Gasteiger partial charge in [0.2, 0.25) is 5.91 Å². The summed E-state index contributed by atoms with van der Waals surface area (Å²) in [6.07, 6.45) is 2.04. The van der Waals surface area contributed by atoms with Gasteiger partial charge in [-0.3, -0.25) is 4.79 Å². The van der Waals surface area contributed by atoms with Gasteiger partial charge in [0.1, 0.15) is 0 Å². The molecule has 78 valence electrons. The molecule has 0 radical (unpaired) electrons. The van der Waals surface area contributed by atoms with Gasteiger partial charge in [-0.1, -0.05) is 13.3 Å². The highest BCUT2D eigenvalue weighted by Crippen LogP contribution is 1.83. The number of unbranched alkanes of at least 4 members (excludes halogenated alkanes) is 1. The first-order chi connectivity index (χ1) is 6.31. The van der Waals surface area contributed by atoms with E-state index in [9.17, 15) is 4.79 Å². The minimum atomic E-state index is -0.162. The van der Waals surface area contributed by atoms with E-state index >= 15 is 0 Å². The maximum absolute atomic E-state index is 10.9. The Kier molecular flexibility index (Phi) is 8.97. The summed E-state index contributed by atoms with van der Waals surface area (Å²) in [4.78, 5) is 20.1. The Morgan fingerprint density at radius 2 is 2.23 bits per heavy atom. The van der Waals surface area contributed by atoms with E-state index in [1.54, 1.807) is 0 Å². The van der Waals surface area contributed by atoms with Crippen LogP contribution in [0.25, 0.3) is 0 Å². The molecule has 0 aromatic heterocycles. The average molecular weight is 190 g/mol. The van der Waals surface area contributed by atoms with Crippen molar-refractivity contribution in [1.82, 2.24) is 5.32 Å². The molecule has 0 heterocycles. The molecule has 3 N–H and O–H groups in total. The van der Waals surface area contributed by atoms with Gasteiger partial charge in [-0.05, 0) is 6.42 Å².